The second kappa shape index (κ2) is 14.4. The first kappa shape index (κ1) is 26.4. The van der Waals surface area contributed by atoms with Crippen molar-refractivity contribution in [3.8, 4) is 0 Å². The van der Waals surface area contributed by atoms with Gasteiger partial charge >= 0.3 is 6.03 Å². The lowest BCUT2D eigenvalue weighted by atomic mass is 10.0. The molecule has 9 heteroatoms. The topological polar surface area (TPSA) is 128 Å². The van der Waals surface area contributed by atoms with E-state index in [0.29, 0.717) is 13.0 Å². The summed E-state index contributed by atoms with van der Waals surface area (Å²) >= 11 is 0. The normalized spacial score (nSPS) is 13.3. The van der Waals surface area contributed by atoms with Gasteiger partial charge in [-0.25, -0.2) is 4.79 Å². The minimum absolute atomic E-state index is 0.265. The molecule has 0 heterocycles. The summed E-state index contributed by atoms with van der Waals surface area (Å²) in [6.45, 7) is 7.33. The molecular formula is C23H33N5O4. The molecule has 0 aliphatic carbocycles. The Labute approximate surface area is 189 Å². The molecular weight excluding hydrogens is 410 g/mol. The lowest BCUT2D eigenvalue weighted by Crippen LogP contribution is -2.55. The third-order valence-corrected chi connectivity index (χ3v) is 4.44. The maximum absolute atomic E-state index is 12.7. The summed E-state index contributed by atoms with van der Waals surface area (Å²) in [5.74, 6) is -1.16. The van der Waals surface area contributed by atoms with Crippen LogP contribution in [0.1, 0.15) is 25.8 Å². The number of hydrogen-bond acceptors (Lipinski definition) is 4. The lowest BCUT2D eigenvalue weighted by molar-refractivity contribution is -0.129. The van der Waals surface area contributed by atoms with E-state index >= 15 is 0 Å². The Hall–Kier alpha value is -3.62. The van der Waals surface area contributed by atoms with Crippen LogP contribution < -0.4 is 26.6 Å². The first-order valence-electron chi connectivity index (χ1n) is 10.5. The summed E-state index contributed by atoms with van der Waals surface area (Å²) in [7, 11) is 1.46. The van der Waals surface area contributed by atoms with Gasteiger partial charge in [-0.3, -0.25) is 14.4 Å². The fourth-order valence-electron chi connectivity index (χ4n) is 2.65. The summed E-state index contributed by atoms with van der Waals surface area (Å²) in [6, 6.07) is 6.63. The van der Waals surface area contributed by atoms with Crippen molar-refractivity contribution in [1.82, 2.24) is 26.6 Å². The zero-order valence-corrected chi connectivity index (χ0v) is 18.8. The molecule has 5 N–H and O–H groups in total. The van der Waals surface area contributed by atoms with Crippen molar-refractivity contribution >= 4 is 23.8 Å². The Morgan fingerprint density at radius 1 is 1.00 bits per heavy atom. The molecule has 174 valence electrons. The molecule has 0 aliphatic heterocycles. The second-order valence-corrected chi connectivity index (χ2v) is 7.22. The number of carbonyl (C=O) groups is 4. The van der Waals surface area contributed by atoms with Gasteiger partial charge in [-0.1, -0.05) is 42.5 Å². The maximum Gasteiger partial charge on any atom is 0.315 e. The molecule has 0 aromatic heterocycles. The SMILES string of the molecule is C=CCCNC(=O)C=CC(C)NC(=O)C(C)NC(=O)C(Cc1ccccc1)NC(=O)NC. The summed E-state index contributed by atoms with van der Waals surface area (Å²) in [5, 5.41) is 13.0. The van der Waals surface area contributed by atoms with Crippen LogP contribution in [0.3, 0.4) is 0 Å². The Morgan fingerprint density at radius 3 is 2.31 bits per heavy atom. The van der Waals surface area contributed by atoms with Gasteiger partial charge in [0.25, 0.3) is 0 Å². The summed E-state index contributed by atoms with van der Waals surface area (Å²) in [5.41, 5.74) is 0.867. The average Bonchev–Trinajstić information content (AvgIpc) is 2.77. The molecule has 3 unspecified atom stereocenters. The van der Waals surface area contributed by atoms with Gasteiger partial charge in [0.15, 0.2) is 0 Å². The fraction of sp³-hybridized carbons (Fsp3) is 0.391. The number of amides is 5. The molecule has 1 aromatic carbocycles. The average molecular weight is 444 g/mol. The van der Waals surface area contributed by atoms with Crippen molar-refractivity contribution in [3.63, 3.8) is 0 Å². The van der Waals surface area contributed by atoms with Crippen LogP contribution >= 0.6 is 0 Å². The first-order chi connectivity index (χ1) is 15.3. The van der Waals surface area contributed by atoms with E-state index in [2.05, 4.69) is 33.2 Å². The fourth-order valence-corrected chi connectivity index (χ4v) is 2.65. The minimum Gasteiger partial charge on any atom is -0.352 e. The summed E-state index contributed by atoms with van der Waals surface area (Å²) in [6.07, 6.45) is 5.55. The first-order valence-corrected chi connectivity index (χ1v) is 10.5. The van der Waals surface area contributed by atoms with Crippen molar-refractivity contribution in [2.75, 3.05) is 13.6 Å². The van der Waals surface area contributed by atoms with Crippen LogP contribution in [-0.4, -0.2) is 55.5 Å². The zero-order valence-electron chi connectivity index (χ0n) is 18.8. The van der Waals surface area contributed by atoms with Crippen LogP contribution in [-0.2, 0) is 20.8 Å². The molecule has 5 amide bonds. The Morgan fingerprint density at radius 2 is 1.69 bits per heavy atom. The number of nitrogens with one attached hydrogen (secondary N) is 5. The van der Waals surface area contributed by atoms with Gasteiger partial charge in [0, 0.05) is 32.1 Å². The molecule has 1 aromatic rings. The quantitative estimate of drug-likeness (QED) is 0.186. The molecule has 0 spiro atoms. The van der Waals surface area contributed by atoms with Crippen molar-refractivity contribution in [3.05, 3.63) is 60.7 Å². The summed E-state index contributed by atoms with van der Waals surface area (Å²) in [4.78, 5) is 48.6. The van der Waals surface area contributed by atoms with Crippen molar-refractivity contribution in [1.29, 1.82) is 0 Å². The lowest BCUT2D eigenvalue weighted by Gasteiger charge is -2.22. The molecule has 0 saturated carbocycles. The van der Waals surface area contributed by atoms with E-state index in [4.69, 9.17) is 0 Å². The number of urea groups is 1. The predicted octanol–water partition coefficient (Wildman–Crippen LogP) is 0.785. The highest BCUT2D eigenvalue weighted by atomic mass is 16.2. The highest BCUT2D eigenvalue weighted by molar-refractivity contribution is 5.92. The molecule has 9 nitrogen and oxygen atoms in total. The van der Waals surface area contributed by atoms with Gasteiger partial charge in [-0.2, -0.15) is 0 Å². The molecule has 3 atom stereocenters. The standard InChI is InChI=1S/C23H33N5O4/c1-5-6-14-25-20(29)13-12-16(2)26-21(30)17(3)27-22(31)19(28-23(32)24-4)15-18-10-8-7-9-11-18/h5,7-13,16-17,19H,1,6,14-15H2,2-4H3,(H,25,29)(H,26,30)(H,27,31)(H2,24,28,32). The van der Waals surface area contributed by atoms with Crippen molar-refractivity contribution < 1.29 is 19.2 Å². The highest BCUT2D eigenvalue weighted by Crippen LogP contribution is 2.04. The van der Waals surface area contributed by atoms with E-state index < -0.39 is 36.0 Å². The van der Waals surface area contributed by atoms with Gasteiger partial charge in [0.05, 0.1) is 0 Å². The van der Waals surface area contributed by atoms with Crippen LogP contribution in [0.4, 0.5) is 4.79 Å². The van der Waals surface area contributed by atoms with Gasteiger partial charge in [0.1, 0.15) is 12.1 Å². The molecule has 0 radical (unpaired) electrons. The molecule has 0 fully saturated rings. The van der Waals surface area contributed by atoms with Gasteiger partial charge in [-0.05, 0) is 25.8 Å². The maximum atomic E-state index is 12.7. The van der Waals surface area contributed by atoms with E-state index in [1.165, 1.54) is 13.1 Å². The van der Waals surface area contributed by atoms with E-state index in [1.807, 2.05) is 30.3 Å². The van der Waals surface area contributed by atoms with Gasteiger partial charge in [0.2, 0.25) is 17.7 Å². The van der Waals surface area contributed by atoms with Crippen LogP contribution in [0.25, 0.3) is 0 Å². The minimum atomic E-state index is -0.857. The largest absolute Gasteiger partial charge is 0.352 e. The zero-order chi connectivity index (χ0) is 23.9. The monoisotopic (exact) mass is 443 g/mol. The second-order valence-electron chi connectivity index (χ2n) is 7.22. The summed E-state index contributed by atoms with van der Waals surface area (Å²) < 4.78 is 0. The van der Waals surface area contributed by atoms with Crippen LogP contribution in [0.5, 0.6) is 0 Å². The smallest absolute Gasteiger partial charge is 0.315 e. The number of hydrogen-bond donors (Lipinski definition) is 5. The number of rotatable bonds is 12. The van der Waals surface area contributed by atoms with E-state index in [9.17, 15) is 19.2 Å². The van der Waals surface area contributed by atoms with Gasteiger partial charge < -0.3 is 26.6 Å². The number of benzene rings is 1. The highest BCUT2D eigenvalue weighted by Gasteiger charge is 2.24. The third-order valence-electron chi connectivity index (χ3n) is 4.44. The van der Waals surface area contributed by atoms with E-state index in [-0.39, 0.29) is 12.3 Å². The van der Waals surface area contributed by atoms with Crippen LogP contribution in [0.2, 0.25) is 0 Å². The third kappa shape index (κ3) is 10.4. The Kier molecular flexibility index (Phi) is 11.9. The number of carbonyl (C=O) groups excluding carboxylic acids is 4. The molecule has 32 heavy (non-hydrogen) atoms. The Balaban J connectivity index is 2.63. The van der Waals surface area contributed by atoms with Gasteiger partial charge in [-0.15, -0.1) is 6.58 Å². The van der Waals surface area contributed by atoms with Crippen molar-refractivity contribution in [2.24, 2.45) is 0 Å². The van der Waals surface area contributed by atoms with Crippen LogP contribution in [0, 0.1) is 0 Å². The van der Waals surface area contributed by atoms with Crippen molar-refractivity contribution in [2.45, 2.75) is 44.8 Å². The van der Waals surface area contributed by atoms with Crippen LogP contribution in [0.15, 0.2) is 55.1 Å². The Bertz CT molecular complexity index is 810. The predicted molar refractivity (Wildman–Crippen MR) is 124 cm³/mol. The van der Waals surface area contributed by atoms with E-state index in [1.54, 1.807) is 26.0 Å². The molecule has 0 bridgehead atoms. The molecule has 1 rings (SSSR count). The molecule has 0 saturated heterocycles. The van der Waals surface area contributed by atoms with E-state index in [0.717, 1.165) is 5.56 Å². The molecule has 0 aliphatic rings.